The van der Waals surface area contributed by atoms with Crippen LogP contribution in [-0.2, 0) is 9.59 Å². The van der Waals surface area contributed by atoms with Crippen LogP contribution < -0.4 is 18.9 Å². The Morgan fingerprint density at radius 3 is 2.12 bits per heavy atom. The summed E-state index contributed by atoms with van der Waals surface area (Å²) in [4.78, 5) is 29.0. The minimum absolute atomic E-state index is 0.0885. The molecular formula is C27H34N2O11. The highest BCUT2D eigenvalue weighted by molar-refractivity contribution is 6.16. The lowest BCUT2D eigenvalue weighted by Gasteiger charge is -2.37. The molecule has 13 nitrogen and oxygen atoms in total. The second-order valence-electron chi connectivity index (χ2n) is 9.13. The fourth-order valence-corrected chi connectivity index (χ4v) is 4.73. The standard InChI is InChI=1S/C23H28N2O5.C4H6O6/c1-5-30-21-9-14-15-8-13(26)6-7-18(15)25-23(16(14)10-20(21)28-3)17-12-24-22(29-4)11-19(17)27-2;5-1(3(7)8)2(6)4(9)10/h9-13,15,18,26H,5-8H2,1-4H3;1-2,5-6H,(H,7,8)(H,9,10)/t13-,15-,18-;1-,2-/m10/s1. The first kappa shape index (κ1) is 30.6. The minimum Gasteiger partial charge on any atom is -0.496 e. The first-order chi connectivity index (χ1) is 19.1. The maximum absolute atomic E-state index is 10.3. The van der Waals surface area contributed by atoms with Gasteiger partial charge in [0.25, 0.3) is 0 Å². The molecule has 0 unspecified atom stereocenters. The lowest BCUT2D eigenvalue weighted by atomic mass is 9.74. The van der Waals surface area contributed by atoms with Crippen LogP contribution in [-0.4, -0.2) is 100 Å². The van der Waals surface area contributed by atoms with Gasteiger partial charge in [-0.1, -0.05) is 0 Å². The zero-order valence-electron chi connectivity index (χ0n) is 22.6. The van der Waals surface area contributed by atoms with Gasteiger partial charge in [-0.25, -0.2) is 14.6 Å². The van der Waals surface area contributed by atoms with Gasteiger partial charge >= 0.3 is 11.9 Å². The monoisotopic (exact) mass is 562 g/mol. The van der Waals surface area contributed by atoms with E-state index in [1.54, 1.807) is 33.6 Å². The van der Waals surface area contributed by atoms with Gasteiger partial charge in [0, 0.05) is 23.7 Å². The van der Waals surface area contributed by atoms with Crippen LogP contribution in [0, 0.1) is 0 Å². The van der Waals surface area contributed by atoms with Gasteiger partial charge < -0.3 is 44.5 Å². The second kappa shape index (κ2) is 13.4. The maximum Gasteiger partial charge on any atom is 0.335 e. The topological polar surface area (TPSA) is 197 Å². The Morgan fingerprint density at radius 1 is 0.925 bits per heavy atom. The number of aliphatic imine (C=N–C) groups is 1. The molecule has 0 spiro atoms. The van der Waals surface area contributed by atoms with Crippen molar-refractivity contribution < 1.29 is 54.1 Å². The van der Waals surface area contributed by atoms with Crippen LogP contribution in [0.2, 0.25) is 0 Å². The highest BCUT2D eigenvalue weighted by Gasteiger charge is 2.38. The Balaban J connectivity index is 0.000000378. The van der Waals surface area contributed by atoms with Gasteiger partial charge in [-0.05, 0) is 43.9 Å². The summed E-state index contributed by atoms with van der Waals surface area (Å²) in [6, 6.07) is 5.87. The van der Waals surface area contributed by atoms with E-state index in [4.69, 9.17) is 44.4 Å². The molecule has 0 saturated heterocycles. The van der Waals surface area contributed by atoms with E-state index in [-0.39, 0.29) is 18.1 Å². The van der Waals surface area contributed by atoms with Crippen molar-refractivity contribution in [3.8, 4) is 23.1 Å². The van der Waals surface area contributed by atoms with Crippen LogP contribution in [0.15, 0.2) is 29.4 Å². The molecule has 2 heterocycles. The molecule has 218 valence electrons. The van der Waals surface area contributed by atoms with Crippen molar-refractivity contribution in [1.29, 1.82) is 0 Å². The number of methoxy groups -OCH3 is 3. The summed E-state index contributed by atoms with van der Waals surface area (Å²) in [7, 11) is 4.83. The Kier molecular flexibility index (Phi) is 10.3. The van der Waals surface area contributed by atoms with Crippen molar-refractivity contribution in [2.75, 3.05) is 27.9 Å². The van der Waals surface area contributed by atoms with E-state index in [0.29, 0.717) is 36.2 Å². The summed E-state index contributed by atoms with van der Waals surface area (Å²) in [5, 5.41) is 42.8. The lowest BCUT2D eigenvalue weighted by molar-refractivity contribution is -0.165. The molecule has 1 saturated carbocycles. The smallest absolute Gasteiger partial charge is 0.335 e. The van der Waals surface area contributed by atoms with Crippen molar-refractivity contribution in [1.82, 2.24) is 4.98 Å². The molecule has 40 heavy (non-hydrogen) atoms. The van der Waals surface area contributed by atoms with Crippen LogP contribution in [0.25, 0.3) is 0 Å². The number of carboxylic acid groups (broad SMARTS) is 2. The summed E-state index contributed by atoms with van der Waals surface area (Å²) in [5.74, 6) is -0.916. The number of fused-ring (bicyclic) bond motifs is 3. The number of nitrogens with zero attached hydrogens (tertiary/aromatic N) is 2. The van der Waals surface area contributed by atoms with E-state index in [1.165, 1.54) is 0 Å². The normalized spacial score (nSPS) is 20.8. The van der Waals surface area contributed by atoms with Gasteiger partial charge in [0.2, 0.25) is 5.88 Å². The Morgan fingerprint density at radius 2 is 1.57 bits per heavy atom. The minimum atomic E-state index is -2.27. The summed E-state index contributed by atoms with van der Waals surface area (Å²) in [5.41, 5.74) is 3.69. The fourth-order valence-electron chi connectivity index (χ4n) is 4.73. The zero-order valence-corrected chi connectivity index (χ0v) is 22.6. The molecule has 1 aromatic carbocycles. The molecule has 0 radical (unpaired) electrons. The third-order valence-corrected chi connectivity index (χ3v) is 6.70. The SMILES string of the molecule is CCOc1cc2c(cc1OC)C(c1cnc(OC)cc1OC)=N[C@@H]1CC[C@@H](O)C[C@H]21.O=C(O)[C@@H](O)[C@H](O)C(=O)O. The van der Waals surface area contributed by atoms with Crippen molar-refractivity contribution >= 4 is 17.7 Å². The largest absolute Gasteiger partial charge is 0.496 e. The van der Waals surface area contributed by atoms with Gasteiger partial charge in [0.15, 0.2) is 23.7 Å². The molecule has 2 aliphatic rings. The summed E-state index contributed by atoms with van der Waals surface area (Å²) in [6.07, 6.45) is -0.845. The van der Waals surface area contributed by atoms with Crippen LogP contribution in [0.3, 0.4) is 0 Å². The predicted octanol–water partition coefficient (Wildman–Crippen LogP) is 1.23. The third kappa shape index (κ3) is 6.61. The highest BCUT2D eigenvalue weighted by atomic mass is 16.5. The van der Waals surface area contributed by atoms with Gasteiger partial charge in [0.05, 0.1) is 51.4 Å². The van der Waals surface area contributed by atoms with Gasteiger partial charge in [0.1, 0.15) is 5.75 Å². The number of pyridine rings is 1. The number of ether oxygens (including phenoxy) is 4. The maximum atomic E-state index is 10.3. The molecule has 0 amide bonds. The Hall–Kier alpha value is -3.94. The van der Waals surface area contributed by atoms with Crippen molar-refractivity contribution in [3.63, 3.8) is 0 Å². The zero-order chi connectivity index (χ0) is 29.6. The molecule has 4 rings (SSSR count). The highest BCUT2D eigenvalue weighted by Crippen LogP contribution is 2.45. The van der Waals surface area contributed by atoms with Crippen LogP contribution in [0.1, 0.15) is 48.8 Å². The van der Waals surface area contributed by atoms with Gasteiger partial charge in [-0.2, -0.15) is 0 Å². The van der Waals surface area contributed by atoms with Crippen LogP contribution in [0.5, 0.6) is 23.1 Å². The molecular weight excluding hydrogens is 528 g/mol. The molecule has 1 aliphatic heterocycles. The van der Waals surface area contributed by atoms with Crippen LogP contribution >= 0.6 is 0 Å². The van der Waals surface area contributed by atoms with Gasteiger partial charge in [-0.15, -0.1) is 0 Å². The number of rotatable bonds is 9. The molecule has 13 heteroatoms. The molecule has 1 fully saturated rings. The number of hydrogen-bond donors (Lipinski definition) is 5. The number of hydrogen-bond acceptors (Lipinski definition) is 11. The molecule has 1 aliphatic carbocycles. The molecule has 0 bridgehead atoms. The second-order valence-corrected chi connectivity index (χ2v) is 9.13. The average molecular weight is 563 g/mol. The first-order valence-corrected chi connectivity index (χ1v) is 12.6. The van der Waals surface area contributed by atoms with Crippen LogP contribution in [0.4, 0.5) is 0 Å². The molecule has 5 atom stereocenters. The van der Waals surface area contributed by atoms with E-state index in [0.717, 1.165) is 35.2 Å². The fraction of sp³-hybridized carbons (Fsp3) is 0.481. The predicted molar refractivity (Wildman–Crippen MR) is 141 cm³/mol. The number of aliphatic carboxylic acids is 2. The number of aliphatic hydroxyl groups is 3. The molecule has 2 aromatic rings. The average Bonchev–Trinajstić information content (AvgIpc) is 2.95. The third-order valence-electron chi connectivity index (χ3n) is 6.70. The van der Waals surface area contributed by atoms with Crippen molar-refractivity contribution in [2.45, 2.75) is 56.5 Å². The Bertz CT molecular complexity index is 1230. The number of benzene rings is 1. The van der Waals surface area contributed by atoms with E-state index >= 15 is 0 Å². The number of carboxylic acids is 2. The van der Waals surface area contributed by atoms with E-state index in [2.05, 4.69) is 4.98 Å². The number of aliphatic hydroxyl groups excluding tert-OH is 3. The number of carbonyl (C=O) groups is 2. The lowest BCUT2D eigenvalue weighted by Crippen LogP contribution is -2.39. The van der Waals surface area contributed by atoms with E-state index < -0.39 is 24.1 Å². The van der Waals surface area contributed by atoms with Crippen molar-refractivity contribution in [3.05, 3.63) is 41.1 Å². The Labute approximate surface area is 230 Å². The first-order valence-electron chi connectivity index (χ1n) is 12.6. The van der Waals surface area contributed by atoms with E-state index in [9.17, 15) is 14.7 Å². The quantitative estimate of drug-likeness (QED) is 0.293. The van der Waals surface area contributed by atoms with Gasteiger partial charge in [-0.3, -0.25) is 4.99 Å². The molecule has 1 aromatic heterocycles. The number of aromatic nitrogens is 1. The summed E-state index contributed by atoms with van der Waals surface area (Å²) >= 11 is 0. The van der Waals surface area contributed by atoms with Crippen molar-refractivity contribution in [2.24, 2.45) is 4.99 Å². The summed E-state index contributed by atoms with van der Waals surface area (Å²) < 4.78 is 22.3. The molecule has 5 N–H and O–H groups in total. The summed E-state index contributed by atoms with van der Waals surface area (Å²) in [6.45, 7) is 2.50. The van der Waals surface area contributed by atoms with E-state index in [1.807, 2.05) is 19.1 Å².